The van der Waals surface area contributed by atoms with Crippen molar-refractivity contribution in [3.05, 3.63) is 54.0 Å². The van der Waals surface area contributed by atoms with E-state index in [-0.39, 0.29) is 0 Å². The topological polar surface area (TPSA) is 38.4 Å². The van der Waals surface area contributed by atoms with Crippen molar-refractivity contribution in [2.45, 2.75) is 44.7 Å². The van der Waals surface area contributed by atoms with Crippen molar-refractivity contribution in [1.82, 2.24) is 23.8 Å². The van der Waals surface area contributed by atoms with Crippen LogP contribution in [-0.2, 0) is 19.4 Å². The number of hydrogen-bond acceptors (Lipinski definition) is 3. The van der Waals surface area contributed by atoms with Gasteiger partial charge in [0.15, 0.2) is 0 Å². The minimum atomic E-state index is 0.585. The zero-order chi connectivity index (χ0) is 15.9. The number of hydrogen-bond donors (Lipinski definition) is 0. The minimum absolute atomic E-state index is 0.585. The maximum Gasteiger partial charge on any atom is 0.136 e. The predicted octanol–water partition coefficient (Wildman–Crippen LogP) is 2.86. The first-order valence-corrected chi connectivity index (χ1v) is 9.06. The Morgan fingerprint density at radius 1 is 1.12 bits per heavy atom. The Morgan fingerprint density at radius 2 is 2.08 bits per heavy atom. The molecule has 0 spiro atoms. The zero-order valence-corrected chi connectivity index (χ0v) is 13.9. The molecule has 4 heterocycles. The molecule has 0 aromatic carbocycles. The maximum absolute atomic E-state index is 4.68. The number of rotatable bonds is 3. The number of pyridine rings is 1. The monoisotopic (exact) mass is 321 g/mol. The highest BCUT2D eigenvalue weighted by Crippen LogP contribution is 2.29. The van der Waals surface area contributed by atoms with Crippen LogP contribution in [0.3, 0.4) is 0 Å². The van der Waals surface area contributed by atoms with Gasteiger partial charge >= 0.3 is 0 Å². The van der Waals surface area contributed by atoms with E-state index in [2.05, 4.69) is 54.6 Å². The summed E-state index contributed by atoms with van der Waals surface area (Å²) < 4.78 is 4.68. The molecule has 2 aliphatic rings. The van der Waals surface area contributed by atoms with Crippen molar-refractivity contribution >= 4 is 5.65 Å². The lowest BCUT2D eigenvalue weighted by Crippen LogP contribution is -2.23. The lowest BCUT2D eigenvalue weighted by molar-refractivity contribution is 0.310. The molecule has 0 bridgehead atoms. The van der Waals surface area contributed by atoms with E-state index in [4.69, 9.17) is 0 Å². The Labute approximate surface area is 141 Å². The van der Waals surface area contributed by atoms with Crippen LogP contribution in [0.15, 0.2) is 36.9 Å². The second-order valence-corrected chi connectivity index (χ2v) is 7.10. The lowest BCUT2D eigenvalue weighted by Gasteiger charge is -2.20. The number of nitrogens with zero attached hydrogens (tertiary/aromatic N) is 5. The van der Waals surface area contributed by atoms with Crippen molar-refractivity contribution in [2.24, 2.45) is 0 Å². The molecule has 124 valence electrons. The van der Waals surface area contributed by atoms with Crippen LogP contribution in [0.25, 0.3) is 5.65 Å². The van der Waals surface area contributed by atoms with Crippen LogP contribution in [0.2, 0.25) is 0 Å². The molecule has 5 heteroatoms. The van der Waals surface area contributed by atoms with Crippen LogP contribution in [-0.4, -0.2) is 36.9 Å². The van der Waals surface area contributed by atoms with Gasteiger partial charge in [-0.2, -0.15) is 0 Å². The molecule has 1 aliphatic carbocycles. The Balaban J connectivity index is 1.34. The Bertz CT molecular complexity index is 862. The Kier molecular flexibility index (Phi) is 3.40. The fourth-order valence-electron chi connectivity index (χ4n) is 4.35. The van der Waals surface area contributed by atoms with E-state index in [0.29, 0.717) is 6.04 Å². The van der Waals surface area contributed by atoms with Gasteiger partial charge in [-0.3, -0.25) is 4.90 Å². The Hall–Kier alpha value is -2.14. The van der Waals surface area contributed by atoms with Gasteiger partial charge in [0.1, 0.15) is 5.65 Å². The third-order valence-corrected chi connectivity index (χ3v) is 5.60. The van der Waals surface area contributed by atoms with Crippen molar-refractivity contribution in [1.29, 1.82) is 0 Å². The average molecular weight is 321 g/mol. The standard InChI is InChI=1S/C19H23N5/c1-2-6-18-17(5-1)21-14-24(18)16-8-10-22(13-16)12-15-4-3-7-19-20-9-11-23(15)19/h3-4,7,9,11,14,16H,1-2,5-6,8,10,12-13H2/t16-/m1/s1. The first-order valence-electron chi connectivity index (χ1n) is 9.06. The lowest BCUT2D eigenvalue weighted by atomic mass is 10.0. The molecular formula is C19H23N5. The van der Waals surface area contributed by atoms with Gasteiger partial charge in [0, 0.05) is 49.5 Å². The van der Waals surface area contributed by atoms with Crippen LogP contribution in [0.4, 0.5) is 0 Å². The normalized spacial score (nSPS) is 21.4. The number of imidazole rings is 2. The summed E-state index contributed by atoms with van der Waals surface area (Å²) in [6.07, 6.45) is 12.3. The van der Waals surface area contributed by atoms with E-state index < -0.39 is 0 Å². The SMILES string of the molecule is c1cc(CN2CC[C@@H](n3cnc4c3CCCC4)C2)n2ccnc2c1. The van der Waals surface area contributed by atoms with E-state index in [1.165, 1.54) is 49.2 Å². The zero-order valence-electron chi connectivity index (χ0n) is 13.9. The van der Waals surface area contributed by atoms with Crippen LogP contribution in [0.5, 0.6) is 0 Å². The van der Waals surface area contributed by atoms with E-state index in [1.54, 1.807) is 0 Å². The van der Waals surface area contributed by atoms with Gasteiger partial charge in [0.2, 0.25) is 0 Å². The number of likely N-dealkylation sites (tertiary alicyclic amines) is 1. The van der Waals surface area contributed by atoms with Crippen LogP contribution >= 0.6 is 0 Å². The quantitative estimate of drug-likeness (QED) is 0.744. The van der Waals surface area contributed by atoms with E-state index >= 15 is 0 Å². The molecule has 0 radical (unpaired) electrons. The van der Waals surface area contributed by atoms with E-state index in [9.17, 15) is 0 Å². The number of aryl methyl sites for hydroxylation is 1. The Morgan fingerprint density at radius 3 is 3.08 bits per heavy atom. The fraction of sp³-hybridized carbons (Fsp3) is 0.474. The highest BCUT2D eigenvalue weighted by atomic mass is 15.2. The summed E-state index contributed by atoms with van der Waals surface area (Å²) in [4.78, 5) is 11.6. The van der Waals surface area contributed by atoms with E-state index in [1.807, 2.05) is 6.20 Å². The second-order valence-electron chi connectivity index (χ2n) is 7.10. The van der Waals surface area contributed by atoms with Crippen molar-refractivity contribution < 1.29 is 0 Å². The summed E-state index contributed by atoms with van der Waals surface area (Å²) >= 11 is 0. The largest absolute Gasteiger partial charge is 0.330 e. The van der Waals surface area contributed by atoms with Crippen LogP contribution < -0.4 is 0 Å². The predicted molar refractivity (Wildman–Crippen MR) is 93.0 cm³/mol. The van der Waals surface area contributed by atoms with Crippen molar-refractivity contribution in [3.8, 4) is 0 Å². The molecule has 1 fully saturated rings. The van der Waals surface area contributed by atoms with Crippen LogP contribution in [0, 0.1) is 0 Å². The molecule has 5 nitrogen and oxygen atoms in total. The second kappa shape index (κ2) is 5.74. The summed E-state index contributed by atoms with van der Waals surface area (Å²) in [5.41, 5.74) is 5.21. The average Bonchev–Trinajstić information content (AvgIpc) is 3.34. The highest BCUT2D eigenvalue weighted by molar-refractivity contribution is 5.39. The molecule has 24 heavy (non-hydrogen) atoms. The third kappa shape index (κ3) is 2.35. The smallest absolute Gasteiger partial charge is 0.136 e. The summed E-state index contributed by atoms with van der Waals surface area (Å²) in [6.45, 7) is 3.26. The summed E-state index contributed by atoms with van der Waals surface area (Å²) in [6, 6.07) is 6.97. The summed E-state index contributed by atoms with van der Waals surface area (Å²) in [5, 5.41) is 0. The van der Waals surface area contributed by atoms with Crippen LogP contribution in [0.1, 0.15) is 42.4 Å². The summed E-state index contributed by atoms with van der Waals surface area (Å²) in [7, 11) is 0. The molecule has 1 aliphatic heterocycles. The van der Waals surface area contributed by atoms with Gasteiger partial charge in [-0.05, 0) is 44.2 Å². The molecule has 3 aromatic heterocycles. The minimum Gasteiger partial charge on any atom is -0.330 e. The third-order valence-electron chi connectivity index (χ3n) is 5.60. The van der Waals surface area contributed by atoms with Crippen molar-refractivity contribution in [3.63, 3.8) is 0 Å². The first kappa shape index (κ1) is 14.2. The van der Waals surface area contributed by atoms with Gasteiger partial charge < -0.3 is 8.97 Å². The highest BCUT2D eigenvalue weighted by Gasteiger charge is 2.27. The molecule has 0 unspecified atom stereocenters. The first-order chi connectivity index (χ1) is 11.9. The molecule has 3 aromatic rings. The van der Waals surface area contributed by atoms with Gasteiger partial charge in [0.05, 0.1) is 12.0 Å². The van der Waals surface area contributed by atoms with Crippen molar-refractivity contribution in [2.75, 3.05) is 13.1 Å². The maximum atomic E-state index is 4.68. The van der Waals surface area contributed by atoms with Gasteiger partial charge in [-0.15, -0.1) is 0 Å². The molecule has 0 amide bonds. The van der Waals surface area contributed by atoms with Gasteiger partial charge in [-0.1, -0.05) is 6.07 Å². The molecule has 1 atom stereocenters. The molecule has 1 saturated heterocycles. The fourth-order valence-corrected chi connectivity index (χ4v) is 4.35. The molecule has 0 N–H and O–H groups in total. The van der Waals surface area contributed by atoms with Gasteiger partial charge in [-0.25, -0.2) is 9.97 Å². The van der Waals surface area contributed by atoms with E-state index in [0.717, 1.165) is 25.3 Å². The molecule has 0 saturated carbocycles. The summed E-state index contributed by atoms with van der Waals surface area (Å²) in [5.74, 6) is 0. The molecule has 5 rings (SSSR count). The van der Waals surface area contributed by atoms with Gasteiger partial charge in [0.25, 0.3) is 0 Å². The number of aromatic nitrogens is 4. The number of fused-ring (bicyclic) bond motifs is 2. The molecular weight excluding hydrogens is 298 g/mol.